The summed E-state index contributed by atoms with van der Waals surface area (Å²) in [4.78, 5) is 7.74. The van der Waals surface area contributed by atoms with Gasteiger partial charge in [0.1, 0.15) is 5.58 Å². The van der Waals surface area contributed by atoms with Gasteiger partial charge in [0.2, 0.25) is 0 Å². The predicted molar refractivity (Wildman–Crippen MR) is 324 cm³/mol. The van der Waals surface area contributed by atoms with E-state index >= 15 is 0 Å². The number of para-hydroxylation sites is 2. The number of anilines is 9. The highest BCUT2D eigenvalue weighted by molar-refractivity contribution is 7.00. The molecule has 4 nitrogen and oxygen atoms in total. The molecule has 1 aromatic heterocycles. The molecule has 0 spiro atoms. The molecule has 0 amide bonds. The Labute approximate surface area is 452 Å². The molecule has 0 fully saturated rings. The molecular formula is C71H72BN3O. The number of hydrogen-bond donors (Lipinski definition) is 0. The Hall–Kier alpha value is -7.24. The summed E-state index contributed by atoms with van der Waals surface area (Å²) in [5.74, 6) is 0. The zero-order valence-corrected chi connectivity index (χ0v) is 46.8. The van der Waals surface area contributed by atoms with E-state index in [0.29, 0.717) is 0 Å². The van der Waals surface area contributed by atoms with Crippen LogP contribution in [0.5, 0.6) is 0 Å². The van der Waals surface area contributed by atoms with Crippen molar-refractivity contribution in [2.24, 2.45) is 0 Å². The molecule has 0 atom stereocenters. The summed E-state index contributed by atoms with van der Waals surface area (Å²) >= 11 is 0. The number of rotatable bonds is 6. The molecule has 5 heteroatoms. The highest BCUT2D eigenvalue weighted by atomic mass is 16.3. The predicted octanol–water partition coefficient (Wildman–Crippen LogP) is 18.0. The molecule has 0 saturated heterocycles. The van der Waals surface area contributed by atoms with Gasteiger partial charge in [-0.15, -0.1) is 0 Å². The molecule has 0 bridgehead atoms. The molecular weight excluding hydrogens is 922 g/mol. The van der Waals surface area contributed by atoms with Crippen LogP contribution in [0.4, 0.5) is 51.2 Å². The summed E-state index contributed by atoms with van der Waals surface area (Å²) in [5.41, 5.74) is 25.4. The number of nitrogens with zero attached hydrogens (tertiary/aromatic N) is 3. The van der Waals surface area contributed by atoms with Crippen molar-refractivity contribution in [1.29, 1.82) is 0 Å². The van der Waals surface area contributed by atoms with Gasteiger partial charge in [0.05, 0.1) is 22.7 Å². The largest absolute Gasteiger partial charge is 0.468 e. The number of furan rings is 1. The first-order chi connectivity index (χ1) is 36.2. The quantitative estimate of drug-likeness (QED) is 0.155. The van der Waals surface area contributed by atoms with E-state index in [0.717, 1.165) is 70.0 Å². The Morgan fingerprint density at radius 2 is 1.04 bits per heavy atom. The van der Waals surface area contributed by atoms with Crippen molar-refractivity contribution in [2.45, 2.75) is 136 Å². The second kappa shape index (κ2) is 16.9. The van der Waals surface area contributed by atoms with E-state index in [1.54, 1.807) is 0 Å². The normalized spacial score (nSPS) is 17.3. The first-order valence-corrected chi connectivity index (χ1v) is 28.0. The van der Waals surface area contributed by atoms with Crippen molar-refractivity contribution in [1.82, 2.24) is 0 Å². The van der Waals surface area contributed by atoms with Crippen LogP contribution in [0.2, 0.25) is 0 Å². The fraction of sp³-hybridized carbons (Fsp3) is 0.296. The standard InChI is InChI=1S/C71H72BN3O/c1-45-28-33-63-53(38-45)65-66(76-63)72-58-43-56-57(71(11,12)37-36-70(56,9)10)44-60(58)74(50-30-31-54-55(40-50)69(7,8)35-34-68(54,5)6)61-41-51(73(48-24-18-14-19-25-48)49-26-20-15-21-27-49)42-62(64(61)72)75(65)59-32-29-47(67(2,3)4)39-52(59)46-22-16-13-17-23-46/h13-33,38-44H,34-37H2,1-12H3. The Morgan fingerprint density at radius 3 is 1.64 bits per heavy atom. The van der Waals surface area contributed by atoms with E-state index in [1.807, 2.05) is 0 Å². The first-order valence-electron chi connectivity index (χ1n) is 28.0. The maximum atomic E-state index is 7.58. The van der Waals surface area contributed by atoms with Gasteiger partial charge in [-0.2, -0.15) is 0 Å². The topological polar surface area (TPSA) is 22.9 Å². The minimum absolute atomic E-state index is 0.00768. The van der Waals surface area contributed by atoms with Crippen LogP contribution < -0.4 is 31.3 Å². The van der Waals surface area contributed by atoms with Crippen molar-refractivity contribution in [3.05, 3.63) is 203 Å². The van der Waals surface area contributed by atoms with Crippen molar-refractivity contribution < 1.29 is 4.42 Å². The molecule has 380 valence electrons. The fourth-order valence-corrected chi connectivity index (χ4v) is 13.7. The van der Waals surface area contributed by atoms with Crippen LogP contribution in [-0.2, 0) is 27.1 Å². The van der Waals surface area contributed by atoms with Gasteiger partial charge in [-0.25, -0.2) is 0 Å². The van der Waals surface area contributed by atoms with E-state index in [9.17, 15) is 0 Å². The minimum Gasteiger partial charge on any atom is -0.468 e. The second-order valence-corrected chi connectivity index (χ2v) is 26.4. The molecule has 0 saturated carbocycles. The molecule has 0 N–H and O–H groups in total. The van der Waals surface area contributed by atoms with Gasteiger partial charge in [-0.3, -0.25) is 0 Å². The Bertz CT molecular complexity index is 3740. The summed E-state index contributed by atoms with van der Waals surface area (Å²) in [7, 11) is 0. The van der Waals surface area contributed by atoms with E-state index < -0.39 is 0 Å². The van der Waals surface area contributed by atoms with Gasteiger partial charge in [-0.1, -0.05) is 173 Å². The van der Waals surface area contributed by atoms with Crippen LogP contribution >= 0.6 is 0 Å². The number of aryl methyl sites for hydroxylation is 1. The fourth-order valence-electron chi connectivity index (χ4n) is 13.7. The van der Waals surface area contributed by atoms with Crippen LogP contribution in [0.25, 0.3) is 22.1 Å². The van der Waals surface area contributed by atoms with E-state index in [1.165, 1.54) is 78.9 Å². The zero-order valence-electron chi connectivity index (χ0n) is 46.8. The van der Waals surface area contributed by atoms with E-state index in [2.05, 4.69) is 268 Å². The van der Waals surface area contributed by atoms with Crippen LogP contribution in [0.1, 0.15) is 135 Å². The lowest BCUT2D eigenvalue weighted by Gasteiger charge is -2.47. The molecule has 76 heavy (non-hydrogen) atoms. The third-order valence-corrected chi connectivity index (χ3v) is 18.3. The maximum Gasteiger partial charge on any atom is 0.297 e. The molecule has 0 unspecified atom stereocenters. The summed E-state index contributed by atoms with van der Waals surface area (Å²) in [6.07, 6.45) is 4.57. The molecule has 0 radical (unpaired) electrons. The van der Waals surface area contributed by atoms with Crippen molar-refractivity contribution in [2.75, 3.05) is 14.7 Å². The lowest BCUT2D eigenvalue weighted by molar-refractivity contribution is 0.332. The lowest BCUT2D eigenvalue weighted by Crippen LogP contribution is -2.61. The third-order valence-electron chi connectivity index (χ3n) is 18.3. The summed E-state index contributed by atoms with van der Waals surface area (Å²) in [6, 6.07) is 64.7. The van der Waals surface area contributed by atoms with E-state index in [-0.39, 0.29) is 33.8 Å². The van der Waals surface area contributed by atoms with Gasteiger partial charge in [0.15, 0.2) is 0 Å². The van der Waals surface area contributed by atoms with Crippen molar-refractivity contribution in [3.8, 4) is 11.1 Å². The van der Waals surface area contributed by atoms with Crippen molar-refractivity contribution >= 4 is 85.5 Å². The third kappa shape index (κ3) is 7.53. The average Bonchev–Trinajstić information content (AvgIpc) is 3.94. The zero-order chi connectivity index (χ0) is 52.8. The highest BCUT2D eigenvalue weighted by Crippen LogP contribution is 2.55. The van der Waals surface area contributed by atoms with Crippen LogP contribution in [0.15, 0.2) is 174 Å². The van der Waals surface area contributed by atoms with Gasteiger partial charge in [0, 0.05) is 45.1 Å². The van der Waals surface area contributed by atoms with Gasteiger partial charge in [-0.05, 0) is 183 Å². The number of hydrogen-bond acceptors (Lipinski definition) is 4. The van der Waals surface area contributed by atoms with Gasteiger partial charge >= 0.3 is 0 Å². The van der Waals surface area contributed by atoms with E-state index in [4.69, 9.17) is 4.42 Å². The monoisotopic (exact) mass is 994 g/mol. The van der Waals surface area contributed by atoms with Crippen LogP contribution in [0, 0.1) is 6.92 Å². The molecule has 2 aliphatic carbocycles. The highest BCUT2D eigenvalue weighted by Gasteiger charge is 2.50. The summed E-state index contributed by atoms with van der Waals surface area (Å²) < 4.78 is 7.58. The Balaban J connectivity index is 1.22. The van der Waals surface area contributed by atoms with Crippen LogP contribution in [-0.4, -0.2) is 6.71 Å². The van der Waals surface area contributed by atoms with Gasteiger partial charge < -0.3 is 19.1 Å². The molecule has 8 aromatic carbocycles. The molecule has 13 rings (SSSR count). The smallest absolute Gasteiger partial charge is 0.297 e. The molecule has 2 aliphatic heterocycles. The summed E-state index contributed by atoms with van der Waals surface area (Å²) in [5, 5.41) is 1.12. The molecule has 4 aliphatic rings. The lowest BCUT2D eigenvalue weighted by atomic mass is 9.35. The Kier molecular flexibility index (Phi) is 10.8. The SMILES string of the molecule is Cc1ccc2oc3c(c2c1)N(c1ccc(C(C)(C)C)cc1-c1ccccc1)c1cc(N(c2ccccc2)c2ccccc2)cc2c1B3c1cc3c(cc1N2c1ccc2c(c1)C(C)(C)CCC2(C)C)C(C)(C)CCC3(C)C. The second-order valence-electron chi connectivity index (χ2n) is 26.4. The number of fused-ring (bicyclic) bond motifs is 8. The molecule has 3 heterocycles. The minimum atomic E-state index is -0.209. The van der Waals surface area contributed by atoms with Crippen molar-refractivity contribution in [3.63, 3.8) is 0 Å². The average molecular weight is 994 g/mol. The summed E-state index contributed by atoms with van der Waals surface area (Å²) in [6.45, 7) is 28.7. The Morgan fingerprint density at radius 1 is 0.487 bits per heavy atom. The maximum absolute atomic E-state index is 7.58. The molecule has 9 aromatic rings. The number of benzene rings is 8. The van der Waals surface area contributed by atoms with Gasteiger partial charge in [0.25, 0.3) is 6.71 Å². The van der Waals surface area contributed by atoms with Crippen LogP contribution in [0.3, 0.4) is 0 Å². The first kappa shape index (κ1) is 48.4.